The Morgan fingerprint density at radius 3 is 2.33 bits per heavy atom. The van der Waals surface area contributed by atoms with Gasteiger partial charge in [-0.25, -0.2) is 0 Å². The molecule has 3 atom stereocenters. The van der Waals surface area contributed by atoms with E-state index in [1.54, 1.807) is 0 Å². The first kappa shape index (κ1) is 16.3. The Labute approximate surface area is 133 Å². The standard InChI is InChI=1S/C17H23NO2.ClH/c1-12(13-6-4-3-5-7-13)17(19)20-16-10-14-8-9-15(11-16)18(14)2;/h3-7,12,14-16H,8-11H2,1-2H3;1H/t12-,14?,15?,16?;/m1./s1. The van der Waals surface area contributed by atoms with Crippen LogP contribution in [0.25, 0.3) is 0 Å². The summed E-state index contributed by atoms with van der Waals surface area (Å²) in [5.41, 5.74) is 1.04. The van der Waals surface area contributed by atoms with E-state index < -0.39 is 0 Å². The molecule has 1 aromatic carbocycles. The number of hydrogen-bond donors (Lipinski definition) is 0. The minimum Gasteiger partial charge on any atom is -0.462 e. The number of halogens is 1. The van der Waals surface area contributed by atoms with Crippen LogP contribution in [0.4, 0.5) is 0 Å². The van der Waals surface area contributed by atoms with Gasteiger partial charge in [-0.05, 0) is 45.2 Å². The van der Waals surface area contributed by atoms with Crippen molar-refractivity contribution in [3.8, 4) is 0 Å². The van der Waals surface area contributed by atoms with Crippen molar-refractivity contribution >= 4 is 18.4 Å². The molecule has 4 heteroatoms. The number of rotatable bonds is 3. The van der Waals surface area contributed by atoms with Gasteiger partial charge in [0.25, 0.3) is 0 Å². The second-order valence-electron chi connectivity index (χ2n) is 6.21. The second kappa shape index (κ2) is 6.80. The molecule has 0 radical (unpaired) electrons. The summed E-state index contributed by atoms with van der Waals surface area (Å²) in [5.74, 6) is -0.251. The molecule has 3 rings (SSSR count). The van der Waals surface area contributed by atoms with Crippen LogP contribution in [-0.2, 0) is 9.53 Å². The van der Waals surface area contributed by atoms with Crippen molar-refractivity contribution in [3.05, 3.63) is 35.9 Å². The van der Waals surface area contributed by atoms with Gasteiger partial charge in [-0.3, -0.25) is 4.79 Å². The molecule has 0 aromatic heterocycles. The number of hydrogen-bond acceptors (Lipinski definition) is 3. The van der Waals surface area contributed by atoms with Crippen LogP contribution in [0.15, 0.2) is 30.3 Å². The topological polar surface area (TPSA) is 29.5 Å². The molecule has 116 valence electrons. The van der Waals surface area contributed by atoms with E-state index in [1.165, 1.54) is 12.8 Å². The summed E-state index contributed by atoms with van der Waals surface area (Å²) in [4.78, 5) is 14.8. The monoisotopic (exact) mass is 309 g/mol. The van der Waals surface area contributed by atoms with E-state index in [0.717, 1.165) is 18.4 Å². The first-order valence-corrected chi connectivity index (χ1v) is 7.62. The molecule has 1 aromatic rings. The van der Waals surface area contributed by atoms with Crippen molar-refractivity contribution in [2.24, 2.45) is 0 Å². The highest BCUT2D eigenvalue weighted by molar-refractivity contribution is 5.85. The Bertz CT molecular complexity index is 465. The summed E-state index contributed by atoms with van der Waals surface area (Å²) >= 11 is 0. The Kier molecular flexibility index (Phi) is 5.28. The maximum absolute atomic E-state index is 12.3. The van der Waals surface area contributed by atoms with Crippen molar-refractivity contribution < 1.29 is 9.53 Å². The van der Waals surface area contributed by atoms with Crippen molar-refractivity contribution in [1.29, 1.82) is 0 Å². The molecular weight excluding hydrogens is 286 g/mol. The van der Waals surface area contributed by atoms with E-state index in [4.69, 9.17) is 4.74 Å². The molecule has 0 saturated carbocycles. The van der Waals surface area contributed by atoms with Crippen LogP contribution in [0, 0.1) is 0 Å². The highest BCUT2D eigenvalue weighted by Crippen LogP contribution is 2.36. The summed E-state index contributed by atoms with van der Waals surface area (Å²) in [6.07, 6.45) is 4.62. The van der Waals surface area contributed by atoms with Crippen molar-refractivity contribution in [2.75, 3.05) is 7.05 Å². The Balaban J connectivity index is 0.00000161. The predicted molar refractivity (Wildman–Crippen MR) is 85.8 cm³/mol. The average Bonchev–Trinajstić information content (AvgIpc) is 2.69. The molecule has 2 aliphatic heterocycles. The highest BCUT2D eigenvalue weighted by atomic mass is 35.5. The van der Waals surface area contributed by atoms with Crippen LogP contribution in [0.1, 0.15) is 44.1 Å². The number of piperidine rings is 1. The lowest BCUT2D eigenvalue weighted by molar-refractivity contribution is -0.153. The molecule has 2 heterocycles. The van der Waals surface area contributed by atoms with Gasteiger partial charge < -0.3 is 9.64 Å². The number of ether oxygens (including phenoxy) is 1. The predicted octanol–water partition coefficient (Wildman–Crippen LogP) is 3.38. The lowest BCUT2D eigenvalue weighted by Crippen LogP contribution is -2.43. The summed E-state index contributed by atoms with van der Waals surface area (Å²) in [6, 6.07) is 11.1. The van der Waals surface area contributed by atoms with Gasteiger partial charge in [0.15, 0.2) is 0 Å². The van der Waals surface area contributed by atoms with Gasteiger partial charge in [-0.1, -0.05) is 30.3 Å². The zero-order valence-corrected chi connectivity index (χ0v) is 13.5. The minimum absolute atomic E-state index is 0. The summed E-state index contributed by atoms with van der Waals surface area (Å²) in [5, 5.41) is 0. The second-order valence-corrected chi connectivity index (χ2v) is 6.21. The van der Waals surface area contributed by atoms with Crippen LogP contribution in [0.2, 0.25) is 0 Å². The van der Waals surface area contributed by atoms with E-state index >= 15 is 0 Å². The van der Waals surface area contributed by atoms with Gasteiger partial charge in [0.2, 0.25) is 0 Å². The van der Waals surface area contributed by atoms with Crippen LogP contribution in [-0.4, -0.2) is 36.1 Å². The molecule has 2 unspecified atom stereocenters. The van der Waals surface area contributed by atoms with Crippen LogP contribution in [0.3, 0.4) is 0 Å². The van der Waals surface area contributed by atoms with Gasteiger partial charge in [-0.15, -0.1) is 12.4 Å². The van der Waals surface area contributed by atoms with Gasteiger partial charge in [-0.2, -0.15) is 0 Å². The fraction of sp³-hybridized carbons (Fsp3) is 0.588. The fourth-order valence-corrected chi connectivity index (χ4v) is 3.60. The molecule has 2 aliphatic rings. The molecule has 0 spiro atoms. The lowest BCUT2D eigenvalue weighted by atomic mass is 9.99. The smallest absolute Gasteiger partial charge is 0.313 e. The summed E-state index contributed by atoms with van der Waals surface area (Å²) in [7, 11) is 2.20. The molecule has 2 saturated heterocycles. The normalized spacial score (nSPS) is 29.5. The number of esters is 1. The van der Waals surface area contributed by atoms with Crippen LogP contribution < -0.4 is 0 Å². The molecular formula is C17H24ClNO2. The number of nitrogens with zero attached hydrogens (tertiary/aromatic N) is 1. The largest absolute Gasteiger partial charge is 0.462 e. The van der Waals surface area contributed by atoms with Crippen LogP contribution in [0.5, 0.6) is 0 Å². The van der Waals surface area contributed by atoms with Gasteiger partial charge in [0.1, 0.15) is 6.10 Å². The molecule has 2 bridgehead atoms. The highest BCUT2D eigenvalue weighted by Gasteiger charge is 2.40. The Hall–Kier alpha value is -1.06. The SMILES string of the molecule is C[C@@H](C(=O)OC1CC2CCC(C1)N2C)c1ccccc1.Cl. The number of fused-ring (bicyclic) bond motifs is 2. The maximum atomic E-state index is 12.3. The van der Waals surface area contributed by atoms with Crippen molar-refractivity contribution in [2.45, 2.75) is 56.7 Å². The minimum atomic E-state index is -0.173. The van der Waals surface area contributed by atoms with E-state index in [-0.39, 0.29) is 30.4 Å². The molecule has 0 aliphatic carbocycles. The van der Waals surface area contributed by atoms with Gasteiger partial charge in [0, 0.05) is 12.1 Å². The quantitative estimate of drug-likeness (QED) is 0.802. The third kappa shape index (κ3) is 3.41. The van der Waals surface area contributed by atoms with Gasteiger partial charge >= 0.3 is 5.97 Å². The van der Waals surface area contributed by atoms with E-state index in [1.807, 2.05) is 37.3 Å². The summed E-state index contributed by atoms with van der Waals surface area (Å²) in [6.45, 7) is 1.93. The summed E-state index contributed by atoms with van der Waals surface area (Å²) < 4.78 is 5.77. The number of benzene rings is 1. The fourth-order valence-electron chi connectivity index (χ4n) is 3.60. The van der Waals surface area contributed by atoms with Gasteiger partial charge in [0.05, 0.1) is 5.92 Å². The number of carbonyl (C=O) groups excluding carboxylic acids is 1. The molecule has 2 fully saturated rings. The molecule has 0 amide bonds. The van der Waals surface area contributed by atoms with E-state index in [0.29, 0.717) is 12.1 Å². The molecule has 21 heavy (non-hydrogen) atoms. The molecule has 3 nitrogen and oxygen atoms in total. The number of carbonyl (C=O) groups is 1. The maximum Gasteiger partial charge on any atom is 0.313 e. The average molecular weight is 310 g/mol. The van der Waals surface area contributed by atoms with E-state index in [9.17, 15) is 4.79 Å². The lowest BCUT2D eigenvalue weighted by Gasteiger charge is -2.36. The van der Waals surface area contributed by atoms with Crippen molar-refractivity contribution in [3.63, 3.8) is 0 Å². The Morgan fingerprint density at radius 2 is 1.76 bits per heavy atom. The Morgan fingerprint density at radius 1 is 1.19 bits per heavy atom. The van der Waals surface area contributed by atoms with Crippen molar-refractivity contribution in [1.82, 2.24) is 4.90 Å². The van der Waals surface area contributed by atoms with E-state index in [2.05, 4.69) is 11.9 Å². The third-order valence-electron chi connectivity index (χ3n) is 4.99. The first-order valence-electron chi connectivity index (χ1n) is 7.62. The zero-order valence-electron chi connectivity index (χ0n) is 12.7. The zero-order chi connectivity index (χ0) is 14.1. The third-order valence-corrected chi connectivity index (χ3v) is 4.99. The first-order chi connectivity index (χ1) is 9.65. The molecule has 0 N–H and O–H groups in total. The van der Waals surface area contributed by atoms with Crippen LogP contribution >= 0.6 is 12.4 Å².